The monoisotopic (exact) mass is 1940 g/mol. The Kier molecular flexibility index (Phi) is 26.9. The summed E-state index contributed by atoms with van der Waals surface area (Å²) >= 11 is 10.2. The van der Waals surface area contributed by atoms with Crippen LogP contribution >= 0.6 is 23.2 Å². The Hall–Kier alpha value is -12.9. The van der Waals surface area contributed by atoms with Gasteiger partial charge in [0.2, 0.25) is 22.9 Å². The van der Waals surface area contributed by atoms with Crippen LogP contribution in [0.25, 0.3) is 55.2 Å². The van der Waals surface area contributed by atoms with Crippen LogP contribution in [0, 0.1) is 21.7 Å². The van der Waals surface area contributed by atoms with Crippen LogP contribution in [0.1, 0.15) is 245 Å². The summed E-state index contributed by atoms with van der Waals surface area (Å²) in [6.07, 6.45) is 22.4. The van der Waals surface area contributed by atoms with E-state index in [1.54, 1.807) is 82.7 Å². The number of para-hydroxylation sites is 1. The zero-order valence-electron chi connectivity index (χ0n) is 81.1. The zero-order valence-corrected chi connectivity index (χ0v) is 82.6. The third kappa shape index (κ3) is 19.8. The highest BCUT2D eigenvalue weighted by atomic mass is 35.5. The van der Waals surface area contributed by atoms with Gasteiger partial charge in [0.1, 0.15) is 86.2 Å². The van der Waals surface area contributed by atoms with Gasteiger partial charge in [0, 0.05) is 110 Å². The van der Waals surface area contributed by atoms with Crippen molar-refractivity contribution in [3.05, 3.63) is 175 Å². The summed E-state index contributed by atoms with van der Waals surface area (Å²) in [6, 6.07) is 14.4. The van der Waals surface area contributed by atoms with Crippen molar-refractivity contribution < 1.29 is 62.5 Å². The first-order valence-corrected chi connectivity index (χ1v) is 46.3. The number of esters is 3. The number of anilines is 1. The van der Waals surface area contributed by atoms with Crippen molar-refractivity contribution in [1.29, 1.82) is 0 Å². The lowest BCUT2D eigenvalue weighted by atomic mass is 9.33. The lowest BCUT2D eigenvalue weighted by Gasteiger charge is -2.70. The van der Waals surface area contributed by atoms with Gasteiger partial charge >= 0.3 is 17.9 Å². The molecular formula is C97H118Cl2N20O19. The summed E-state index contributed by atoms with van der Waals surface area (Å²) in [5.41, 5.74) is 10.1. The molecule has 138 heavy (non-hydrogen) atoms. The number of carbonyl (C=O) groups excluding carboxylic acids is 7. The fourth-order valence-corrected chi connectivity index (χ4v) is 23.6. The standard InChI is InChI=1S/C21H27N3O4.C20H25N3O4.C15H16N4O3.C14H22O3.C13H14N4O2.C6H6ClN3O.C6H5N3O.C2H3ClO/c1-6-27-17-13-7-14(18(26)24(5)16(13)22-12-23-17)21-9-20(10-21,11-21)8-15(25)28-19(2,3)4;1-18(2,3)27-14(24)7-19-8-20(9-19,10-19)13-6-12-15(23(4)17(13)25)21-11-22-16(12)26-5;1-8(20)18-15-4-14(5-15,6-15)10-3-9-11(19(2)13(10)22)16-7-17-12(9)21;1-10(15)5-13-7-14(8-13,9-13)6-11(16)17-12(2,3)4;1-17-9-7(10(18)16-6-15-9)2-8(11(17)19)12-3-13(14,4-12)5-12;1-8-6-4(2-11)5(7)9-3-10-6;10-9-6-4-2-1-3-5(6)7-8-9;1-2(3)4/h7,12H,6,8-11H2,1-5H3;6,11H,7-10H2,1-5H3;3,7H,4-6H2,1-2H3,(H,18,20)(H,16,17,21);5-9H2,1-4H3;2,6H,3-5,14H2,1H3,(H,15,16,18);2-3H,1H3,(H,8,9,10);1-4,10H;1H3. The van der Waals surface area contributed by atoms with E-state index in [1.165, 1.54) is 54.6 Å². The topological polar surface area (TPSA) is 524 Å². The SMILES string of the molecule is CC(=O)CC12CC(CC(=O)OC(C)(C)C)(C1)C2.CC(=O)Cl.CC(=O)NC12CC(c3cc4c(=O)[nH]cnc4n(C)c3=O)(C1)C2.CCOc1ncnc2c1cc(C13CC(CC(=O)OC(C)(C)C)(C1)C3)c(=O)n2C.CNc1ncnc(Cl)c1C=O.COc1ncnc2c1cc(C13CC(CC(=O)OC(C)(C)C)(C1)C3)c(=O)n2C.Cn1c(=O)c(C23CC(N)(C2)C3)cc2c(=O)[nH]cnc21.On1nnc2ccccc21. The van der Waals surface area contributed by atoms with Gasteiger partial charge in [0.25, 0.3) is 33.4 Å². The third-order valence-electron chi connectivity index (χ3n) is 27.8. The molecule has 1 aromatic carbocycles. The van der Waals surface area contributed by atoms with Gasteiger partial charge in [0.15, 0.2) is 6.29 Å². The molecule has 15 fully saturated rings. The van der Waals surface area contributed by atoms with Gasteiger partial charge in [0.05, 0.1) is 72.7 Å². The van der Waals surface area contributed by atoms with Gasteiger partial charge in [-0.2, -0.15) is 0 Å². The molecule has 0 radical (unpaired) electrons. The molecule has 39 nitrogen and oxygen atoms in total. The second-order valence-electron chi connectivity index (χ2n) is 42.6. The first kappa shape index (κ1) is 101. The number of halogens is 2. The van der Waals surface area contributed by atoms with Crippen LogP contribution in [-0.2, 0) is 92.8 Å². The van der Waals surface area contributed by atoms with Crippen LogP contribution in [0.5, 0.6) is 11.8 Å². The van der Waals surface area contributed by atoms with E-state index < -0.39 is 16.8 Å². The normalized spacial score (nSPS) is 25.3. The molecule has 15 aliphatic rings. The lowest BCUT2D eigenvalue weighted by Crippen LogP contribution is -2.77. The molecular weight excluding hydrogens is 1820 g/mol. The van der Waals surface area contributed by atoms with Crippen molar-refractivity contribution in [2.24, 2.45) is 55.6 Å². The Labute approximate surface area is 802 Å². The molecule has 0 saturated heterocycles. The maximum Gasteiger partial charge on any atom is 0.306 e. The van der Waals surface area contributed by atoms with Gasteiger partial charge in [-0.1, -0.05) is 28.6 Å². The fraction of sp³-hybridized carbons (Fsp3) is 0.536. The highest BCUT2D eigenvalue weighted by Crippen LogP contribution is 2.78. The van der Waals surface area contributed by atoms with E-state index in [0.717, 1.165) is 123 Å². The molecule has 15 aliphatic carbocycles. The van der Waals surface area contributed by atoms with Crippen LogP contribution in [-0.4, -0.2) is 178 Å². The highest BCUT2D eigenvalue weighted by Gasteiger charge is 2.73. The molecule has 41 heteroatoms. The van der Waals surface area contributed by atoms with Crippen molar-refractivity contribution in [1.82, 2.24) is 88.6 Å². The number of hydrogen-bond acceptors (Lipinski definition) is 31. The molecule has 15 saturated carbocycles. The first-order valence-electron chi connectivity index (χ1n) is 45.6. The number of nitrogens with two attached hydrogens (primary N) is 1. The van der Waals surface area contributed by atoms with E-state index >= 15 is 0 Å². The molecule has 10 heterocycles. The lowest BCUT2D eigenvalue weighted by molar-refractivity contribution is -0.218. The Bertz CT molecular complexity index is 7050. The number of ketones is 1. The number of methoxy groups -OCH3 is 1. The predicted molar refractivity (Wildman–Crippen MR) is 512 cm³/mol. The summed E-state index contributed by atoms with van der Waals surface area (Å²) in [5, 5.41) is 23.9. The quantitative estimate of drug-likeness (QED) is 0.0116. The van der Waals surface area contributed by atoms with Crippen molar-refractivity contribution in [3.63, 3.8) is 0 Å². The average molecular weight is 1940 g/mol. The molecule has 11 aromatic rings. The molecule has 0 aliphatic heterocycles. The van der Waals surface area contributed by atoms with Gasteiger partial charge in [-0.3, -0.25) is 75.8 Å². The number of aldehydes is 1. The highest BCUT2D eigenvalue weighted by molar-refractivity contribution is 6.62. The van der Waals surface area contributed by atoms with Crippen LogP contribution in [0.3, 0.4) is 0 Å². The summed E-state index contributed by atoms with van der Waals surface area (Å²) in [4.78, 5) is 191. The number of amides is 1. The number of carbonyl (C=O) groups is 7. The number of ether oxygens (including phenoxy) is 5. The van der Waals surface area contributed by atoms with Gasteiger partial charge in [-0.25, -0.2) is 39.9 Å². The number of H-pyrrole nitrogens is 2. The Morgan fingerprint density at radius 3 is 1.24 bits per heavy atom. The molecule has 7 N–H and O–H groups in total. The molecule has 1 amide bonds. The molecule has 10 aromatic heterocycles. The molecule has 0 spiro atoms. The van der Waals surface area contributed by atoms with Gasteiger partial charge < -0.3 is 60.0 Å². The third-order valence-corrected chi connectivity index (χ3v) is 28.1. The number of aromatic nitrogens is 17. The van der Waals surface area contributed by atoms with E-state index in [1.807, 2.05) is 93.5 Å². The molecule has 0 atom stereocenters. The summed E-state index contributed by atoms with van der Waals surface area (Å²) in [5.74, 6) is 1.24. The van der Waals surface area contributed by atoms with Crippen molar-refractivity contribution >= 4 is 125 Å². The van der Waals surface area contributed by atoms with E-state index in [2.05, 4.69) is 82.4 Å². The van der Waals surface area contributed by atoms with Crippen LogP contribution < -0.4 is 59.2 Å². The number of Topliss-reactive ketones (excluding diaryl/α,β-unsaturated/α-hetero) is 1. The van der Waals surface area contributed by atoms with Crippen molar-refractivity contribution in [2.75, 3.05) is 26.1 Å². The molecule has 0 unspecified atom stereocenters. The molecule has 10 bridgehead atoms. The maximum absolute atomic E-state index is 13.0. The minimum atomic E-state index is -0.470. The number of nitrogens with zero attached hydrogens (tertiary/aromatic N) is 15. The van der Waals surface area contributed by atoms with E-state index in [0.29, 0.717) is 112 Å². The zero-order chi connectivity index (χ0) is 101. The molecule has 734 valence electrons. The first-order chi connectivity index (χ1) is 64.5. The molecule has 26 rings (SSSR count). The Morgan fingerprint density at radius 1 is 0.514 bits per heavy atom. The number of nitrogens with one attached hydrogen (secondary N) is 4. The second-order valence-corrected chi connectivity index (χ2v) is 43.5. The summed E-state index contributed by atoms with van der Waals surface area (Å²) < 4.78 is 33.3. The van der Waals surface area contributed by atoms with Crippen LogP contribution in [0.2, 0.25) is 5.15 Å². The predicted octanol–water partition coefficient (Wildman–Crippen LogP) is 10.4. The number of fused-ring (bicyclic) bond motifs is 5. The number of pyridine rings is 4. The summed E-state index contributed by atoms with van der Waals surface area (Å²) in [6.45, 7) is 23.8. The van der Waals surface area contributed by atoms with Gasteiger partial charge in [-0.15, -0.1) is 5.10 Å². The largest absolute Gasteiger partial charge is 0.480 e. The second kappa shape index (κ2) is 36.8. The van der Waals surface area contributed by atoms with Crippen LogP contribution in [0.15, 0.2) is 109 Å². The van der Waals surface area contributed by atoms with Crippen molar-refractivity contribution in [2.45, 2.75) is 262 Å². The number of rotatable bonds is 18. The minimum absolute atomic E-state index is 0.0143. The maximum atomic E-state index is 13.0. The van der Waals surface area contributed by atoms with Gasteiger partial charge in [-0.05, 0) is 247 Å². The Morgan fingerprint density at radius 2 is 0.877 bits per heavy atom. The Balaban J connectivity index is 0.000000130. The number of aromatic amines is 2. The fourth-order valence-electron chi connectivity index (χ4n) is 23.4. The smallest absolute Gasteiger partial charge is 0.306 e. The van der Waals surface area contributed by atoms with E-state index in [4.69, 9.17) is 46.2 Å². The number of hydrogen-bond donors (Lipinski definition) is 6. The van der Waals surface area contributed by atoms with Crippen LogP contribution in [0.4, 0.5) is 5.82 Å². The van der Waals surface area contributed by atoms with E-state index in [-0.39, 0.29) is 133 Å². The number of aryl methyl sites for hydroxylation is 4. The van der Waals surface area contributed by atoms with E-state index in [9.17, 15) is 62.3 Å². The van der Waals surface area contributed by atoms with Crippen molar-refractivity contribution in [3.8, 4) is 11.8 Å². The minimum Gasteiger partial charge on any atom is -0.480 e. The average Bonchev–Trinajstić information content (AvgIpc) is 0.711. The summed E-state index contributed by atoms with van der Waals surface area (Å²) in [7, 11) is 9.97. The number of benzene rings is 1.